The SMILES string of the molecule is Cc1ccc(/C=C2\Oc3c(CN4CCCCC4C)c(O)cc(C)c3C2=O)o1. The zero-order valence-electron chi connectivity index (χ0n) is 16.0. The minimum Gasteiger partial charge on any atom is -0.507 e. The summed E-state index contributed by atoms with van der Waals surface area (Å²) < 4.78 is 11.5. The smallest absolute Gasteiger partial charge is 0.232 e. The number of carbonyl (C=O) groups excluding carboxylic acids is 1. The number of rotatable bonds is 3. The van der Waals surface area contributed by atoms with Crippen molar-refractivity contribution in [2.45, 2.75) is 52.6 Å². The zero-order valence-corrected chi connectivity index (χ0v) is 16.0. The molecule has 142 valence electrons. The molecule has 0 bridgehead atoms. The third-order valence-corrected chi connectivity index (χ3v) is 5.56. The Bertz CT molecular complexity index is 925. The molecule has 0 saturated carbocycles. The van der Waals surface area contributed by atoms with Gasteiger partial charge in [0.05, 0.1) is 11.1 Å². The summed E-state index contributed by atoms with van der Waals surface area (Å²) in [5.41, 5.74) is 1.96. The number of phenolic OH excluding ortho intramolecular Hbond substituents is 1. The van der Waals surface area contributed by atoms with Crippen LogP contribution in [0.5, 0.6) is 11.5 Å². The molecule has 27 heavy (non-hydrogen) atoms. The summed E-state index contributed by atoms with van der Waals surface area (Å²) in [5.74, 6) is 2.11. The van der Waals surface area contributed by atoms with Crippen molar-refractivity contribution in [3.05, 3.63) is 52.2 Å². The number of nitrogens with zero attached hydrogens (tertiary/aromatic N) is 1. The Balaban J connectivity index is 1.71. The van der Waals surface area contributed by atoms with Gasteiger partial charge in [0.2, 0.25) is 5.78 Å². The van der Waals surface area contributed by atoms with Crippen LogP contribution in [0.3, 0.4) is 0 Å². The number of ketones is 1. The third kappa shape index (κ3) is 3.28. The Morgan fingerprint density at radius 2 is 2.11 bits per heavy atom. The molecule has 5 nitrogen and oxygen atoms in total. The van der Waals surface area contributed by atoms with Gasteiger partial charge in [-0.15, -0.1) is 0 Å². The number of hydrogen-bond donors (Lipinski definition) is 1. The van der Waals surface area contributed by atoms with E-state index < -0.39 is 0 Å². The fourth-order valence-electron chi connectivity index (χ4n) is 3.99. The van der Waals surface area contributed by atoms with E-state index in [1.807, 2.05) is 26.0 Å². The molecule has 1 fully saturated rings. The summed E-state index contributed by atoms with van der Waals surface area (Å²) >= 11 is 0. The van der Waals surface area contributed by atoms with Gasteiger partial charge in [0.1, 0.15) is 23.0 Å². The van der Waals surface area contributed by atoms with Crippen molar-refractivity contribution in [3.8, 4) is 11.5 Å². The second kappa shape index (κ2) is 6.89. The quantitative estimate of drug-likeness (QED) is 0.804. The van der Waals surface area contributed by atoms with Crippen LogP contribution in [0.2, 0.25) is 0 Å². The average molecular weight is 367 g/mol. The molecule has 1 unspecified atom stereocenters. The van der Waals surface area contributed by atoms with E-state index in [1.165, 1.54) is 6.42 Å². The summed E-state index contributed by atoms with van der Waals surface area (Å²) in [6, 6.07) is 5.78. The number of carbonyl (C=O) groups is 1. The van der Waals surface area contributed by atoms with Crippen molar-refractivity contribution in [2.75, 3.05) is 6.54 Å². The topological polar surface area (TPSA) is 62.9 Å². The standard InChI is InChI=1S/C22H25NO4/c1-13-10-18(24)17(12-23-9-5-4-6-14(23)2)22-20(13)21(25)19(27-22)11-16-8-7-15(3)26-16/h7-8,10-11,14,24H,4-6,9,12H2,1-3H3/b19-11-. The normalized spacial score (nSPS) is 21.5. The molecule has 1 N–H and O–H groups in total. The van der Waals surface area contributed by atoms with Crippen LogP contribution in [-0.4, -0.2) is 28.4 Å². The molecular weight excluding hydrogens is 342 g/mol. The van der Waals surface area contributed by atoms with Crippen molar-refractivity contribution in [2.24, 2.45) is 0 Å². The van der Waals surface area contributed by atoms with Crippen LogP contribution >= 0.6 is 0 Å². The van der Waals surface area contributed by atoms with Crippen LogP contribution in [0.1, 0.15) is 59.2 Å². The van der Waals surface area contributed by atoms with E-state index in [2.05, 4.69) is 11.8 Å². The first kappa shape index (κ1) is 17.9. The maximum absolute atomic E-state index is 12.9. The van der Waals surface area contributed by atoms with Gasteiger partial charge in [0, 0.05) is 18.7 Å². The van der Waals surface area contributed by atoms with Crippen molar-refractivity contribution in [1.29, 1.82) is 0 Å². The molecule has 4 rings (SSSR count). The number of fused-ring (bicyclic) bond motifs is 1. The predicted octanol–water partition coefficient (Wildman–Crippen LogP) is 4.59. The highest BCUT2D eigenvalue weighted by Gasteiger charge is 2.34. The number of allylic oxidation sites excluding steroid dienone is 1. The van der Waals surface area contributed by atoms with Crippen LogP contribution in [0.15, 0.2) is 28.4 Å². The molecule has 1 atom stereocenters. The molecular formula is C22H25NO4. The highest BCUT2D eigenvalue weighted by Crippen LogP contribution is 2.42. The molecule has 0 aliphatic carbocycles. The molecule has 1 aromatic heterocycles. The van der Waals surface area contributed by atoms with Crippen LogP contribution in [0, 0.1) is 13.8 Å². The lowest BCUT2D eigenvalue weighted by atomic mass is 9.97. The number of phenols is 1. The molecule has 0 amide bonds. The number of Topliss-reactive ketones (excluding diaryl/α,β-unsaturated/α-hetero) is 1. The van der Waals surface area contributed by atoms with Gasteiger partial charge < -0.3 is 14.3 Å². The second-order valence-corrected chi connectivity index (χ2v) is 7.60. The number of hydrogen-bond acceptors (Lipinski definition) is 5. The van der Waals surface area contributed by atoms with Crippen LogP contribution in [0.25, 0.3) is 6.08 Å². The Morgan fingerprint density at radius 3 is 2.81 bits per heavy atom. The average Bonchev–Trinajstić information content (AvgIpc) is 3.17. The minimum absolute atomic E-state index is 0.163. The molecule has 0 spiro atoms. The Kier molecular flexibility index (Phi) is 4.56. The zero-order chi connectivity index (χ0) is 19.1. The molecule has 2 aromatic rings. The van der Waals surface area contributed by atoms with E-state index in [4.69, 9.17) is 9.15 Å². The van der Waals surface area contributed by atoms with Crippen molar-refractivity contribution in [3.63, 3.8) is 0 Å². The van der Waals surface area contributed by atoms with E-state index in [0.29, 0.717) is 35.2 Å². The van der Waals surface area contributed by atoms with Gasteiger partial charge in [0.15, 0.2) is 5.76 Å². The molecule has 2 aliphatic rings. The fraction of sp³-hybridized carbons (Fsp3) is 0.409. The number of benzene rings is 1. The van der Waals surface area contributed by atoms with E-state index in [-0.39, 0.29) is 17.3 Å². The summed E-state index contributed by atoms with van der Waals surface area (Å²) in [5, 5.41) is 10.6. The maximum atomic E-state index is 12.9. The first-order valence-electron chi connectivity index (χ1n) is 9.54. The molecule has 2 aliphatic heterocycles. The first-order valence-corrected chi connectivity index (χ1v) is 9.54. The summed E-state index contributed by atoms with van der Waals surface area (Å²) in [6.07, 6.45) is 5.17. The molecule has 0 radical (unpaired) electrons. The summed E-state index contributed by atoms with van der Waals surface area (Å²) in [4.78, 5) is 15.3. The number of aromatic hydroxyl groups is 1. The highest BCUT2D eigenvalue weighted by molar-refractivity contribution is 6.15. The van der Waals surface area contributed by atoms with Crippen LogP contribution in [0.4, 0.5) is 0 Å². The first-order chi connectivity index (χ1) is 12.9. The lowest BCUT2D eigenvalue weighted by Crippen LogP contribution is -2.36. The van der Waals surface area contributed by atoms with Gasteiger partial charge in [-0.05, 0) is 63.9 Å². The van der Waals surface area contributed by atoms with E-state index in [1.54, 1.807) is 12.1 Å². The highest BCUT2D eigenvalue weighted by atomic mass is 16.5. The summed E-state index contributed by atoms with van der Waals surface area (Å²) in [6.45, 7) is 7.46. The van der Waals surface area contributed by atoms with Crippen LogP contribution < -0.4 is 4.74 Å². The number of aryl methyl sites for hydroxylation is 2. The van der Waals surface area contributed by atoms with E-state index >= 15 is 0 Å². The summed E-state index contributed by atoms with van der Waals surface area (Å²) in [7, 11) is 0. The van der Waals surface area contributed by atoms with Gasteiger partial charge in [-0.1, -0.05) is 6.42 Å². The molecule has 3 heterocycles. The Hall–Kier alpha value is -2.53. The number of likely N-dealkylation sites (tertiary alicyclic amines) is 1. The van der Waals surface area contributed by atoms with Gasteiger partial charge in [-0.3, -0.25) is 9.69 Å². The van der Waals surface area contributed by atoms with Gasteiger partial charge >= 0.3 is 0 Å². The molecule has 5 heteroatoms. The van der Waals surface area contributed by atoms with Gasteiger partial charge in [0.25, 0.3) is 0 Å². The lowest BCUT2D eigenvalue weighted by molar-refractivity contribution is 0.101. The molecule has 1 aromatic carbocycles. The second-order valence-electron chi connectivity index (χ2n) is 7.60. The Labute approximate surface area is 159 Å². The Morgan fingerprint density at radius 1 is 1.30 bits per heavy atom. The van der Waals surface area contributed by atoms with Gasteiger partial charge in [-0.2, -0.15) is 0 Å². The van der Waals surface area contributed by atoms with Crippen LogP contribution in [-0.2, 0) is 6.54 Å². The number of furan rings is 1. The van der Waals surface area contributed by atoms with Gasteiger partial charge in [-0.25, -0.2) is 0 Å². The number of piperidine rings is 1. The van der Waals surface area contributed by atoms with E-state index in [9.17, 15) is 9.90 Å². The number of ether oxygens (including phenoxy) is 1. The fourth-order valence-corrected chi connectivity index (χ4v) is 3.99. The van der Waals surface area contributed by atoms with Crippen molar-refractivity contribution < 1.29 is 19.1 Å². The monoisotopic (exact) mass is 367 g/mol. The van der Waals surface area contributed by atoms with E-state index in [0.717, 1.165) is 30.7 Å². The predicted molar refractivity (Wildman–Crippen MR) is 103 cm³/mol. The molecule has 1 saturated heterocycles. The minimum atomic E-state index is -0.163. The lowest BCUT2D eigenvalue weighted by Gasteiger charge is -2.33. The maximum Gasteiger partial charge on any atom is 0.232 e. The van der Waals surface area contributed by atoms with Crippen molar-refractivity contribution in [1.82, 2.24) is 4.90 Å². The van der Waals surface area contributed by atoms with Crippen molar-refractivity contribution >= 4 is 11.9 Å². The largest absolute Gasteiger partial charge is 0.507 e. The third-order valence-electron chi connectivity index (χ3n) is 5.56.